The molecule has 0 bridgehead atoms. The Kier molecular flexibility index (Phi) is 7.55. The van der Waals surface area contributed by atoms with Gasteiger partial charge in [0.2, 0.25) is 0 Å². The van der Waals surface area contributed by atoms with E-state index in [0.717, 1.165) is 23.8 Å². The minimum atomic E-state index is 0.732. The first-order valence-electron chi connectivity index (χ1n) is 7.12. The Morgan fingerprint density at radius 3 is 2.50 bits per heavy atom. The van der Waals surface area contributed by atoms with Gasteiger partial charge in [0.05, 0.1) is 0 Å². The summed E-state index contributed by atoms with van der Waals surface area (Å²) in [7, 11) is 0. The Bertz CT molecular complexity index is 166. The van der Waals surface area contributed by atoms with Crippen LogP contribution >= 0.6 is 11.8 Å². The molecule has 1 rings (SSSR count). The number of hydrogen-bond acceptors (Lipinski definition) is 2. The maximum absolute atomic E-state index is 3.67. The maximum atomic E-state index is 3.67. The zero-order valence-electron chi connectivity index (χ0n) is 11.3. The molecule has 2 heteroatoms. The molecule has 1 aliphatic carbocycles. The van der Waals surface area contributed by atoms with Crippen LogP contribution in [0.15, 0.2) is 0 Å². The van der Waals surface area contributed by atoms with Crippen LogP contribution in [0.1, 0.15) is 59.3 Å². The van der Waals surface area contributed by atoms with Crippen molar-refractivity contribution in [2.45, 2.75) is 70.6 Å². The molecule has 0 spiro atoms. The molecule has 2 unspecified atom stereocenters. The van der Waals surface area contributed by atoms with Crippen LogP contribution in [-0.2, 0) is 0 Å². The van der Waals surface area contributed by atoms with Crippen molar-refractivity contribution in [2.75, 3.05) is 12.3 Å². The Labute approximate surface area is 106 Å². The molecule has 16 heavy (non-hydrogen) atoms. The molecule has 0 aromatic heterocycles. The Morgan fingerprint density at radius 1 is 1.25 bits per heavy atom. The van der Waals surface area contributed by atoms with E-state index < -0.39 is 0 Å². The molecule has 1 fully saturated rings. The quantitative estimate of drug-likeness (QED) is 0.689. The summed E-state index contributed by atoms with van der Waals surface area (Å²) in [6.45, 7) is 8.05. The van der Waals surface area contributed by atoms with Gasteiger partial charge in [-0.25, -0.2) is 0 Å². The van der Waals surface area contributed by atoms with Crippen LogP contribution in [0.2, 0.25) is 0 Å². The molecule has 1 N–H and O–H groups in total. The molecule has 0 heterocycles. The van der Waals surface area contributed by atoms with Crippen molar-refractivity contribution in [1.82, 2.24) is 5.32 Å². The van der Waals surface area contributed by atoms with Crippen LogP contribution in [0.3, 0.4) is 0 Å². The van der Waals surface area contributed by atoms with Gasteiger partial charge in [0.15, 0.2) is 0 Å². The van der Waals surface area contributed by atoms with Gasteiger partial charge >= 0.3 is 0 Å². The first kappa shape index (κ1) is 14.4. The van der Waals surface area contributed by atoms with Crippen LogP contribution in [-0.4, -0.2) is 23.6 Å². The maximum Gasteiger partial charge on any atom is 0.0183 e. The Hall–Kier alpha value is 0.310. The van der Waals surface area contributed by atoms with E-state index in [-0.39, 0.29) is 0 Å². The summed E-state index contributed by atoms with van der Waals surface area (Å²) in [6, 6.07) is 0.732. The van der Waals surface area contributed by atoms with Crippen LogP contribution in [0, 0.1) is 5.92 Å². The van der Waals surface area contributed by atoms with Gasteiger partial charge in [0, 0.05) is 17.0 Å². The molecule has 0 aromatic carbocycles. The summed E-state index contributed by atoms with van der Waals surface area (Å²) in [4.78, 5) is 0. The van der Waals surface area contributed by atoms with E-state index in [9.17, 15) is 0 Å². The van der Waals surface area contributed by atoms with E-state index in [0.29, 0.717) is 0 Å². The van der Waals surface area contributed by atoms with Crippen molar-refractivity contribution in [2.24, 2.45) is 5.92 Å². The van der Waals surface area contributed by atoms with E-state index in [4.69, 9.17) is 0 Å². The third kappa shape index (κ3) is 5.09. The number of rotatable bonds is 8. The highest BCUT2D eigenvalue weighted by atomic mass is 32.2. The lowest BCUT2D eigenvalue weighted by Gasteiger charge is -2.25. The van der Waals surface area contributed by atoms with Crippen molar-refractivity contribution in [3.63, 3.8) is 0 Å². The van der Waals surface area contributed by atoms with Crippen molar-refractivity contribution in [3.05, 3.63) is 0 Å². The second-order valence-corrected chi connectivity index (χ2v) is 6.50. The predicted molar refractivity (Wildman–Crippen MR) is 76.3 cm³/mol. The standard InChI is InChI=1S/C14H29NS/c1-4-8-12(3)14(15-5-2)11-16-13-9-6-7-10-13/h12-15H,4-11H2,1-3H3. The molecule has 0 radical (unpaired) electrons. The molecule has 0 saturated heterocycles. The van der Waals surface area contributed by atoms with E-state index in [1.54, 1.807) is 0 Å². The van der Waals surface area contributed by atoms with Crippen LogP contribution in [0.25, 0.3) is 0 Å². The molecule has 1 aliphatic rings. The zero-order valence-corrected chi connectivity index (χ0v) is 12.1. The van der Waals surface area contributed by atoms with E-state index in [1.807, 2.05) is 0 Å². The summed E-state index contributed by atoms with van der Waals surface area (Å²) in [5, 5.41) is 4.64. The summed E-state index contributed by atoms with van der Waals surface area (Å²) in [6.07, 6.45) is 8.54. The number of nitrogens with one attached hydrogen (secondary N) is 1. The average Bonchev–Trinajstić information content (AvgIpc) is 2.77. The summed E-state index contributed by atoms with van der Waals surface area (Å²) >= 11 is 2.22. The number of thioether (sulfide) groups is 1. The van der Waals surface area contributed by atoms with Crippen molar-refractivity contribution in [1.29, 1.82) is 0 Å². The lowest BCUT2D eigenvalue weighted by atomic mass is 9.98. The molecule has 1 saturated carbocycles. The van der Waals surface area contributed by atoms with Crippen molar-refractivity contribution < 1.29 is 0 Å². The molecule has 0 aliphatic heterocycles. The first-order chi connectivity index (χ1) is 7.77. The third-order valence-corrected chi connectivity index (χ3v) is 5.21. The van der Waals surface area contributed by atoms with Gasteiger partial charge in [-0.3, -0.25) is 0 Å². The van der Waals surface area contributed by atoms with Gasteiger partial charge in [-0.1, -0.05) is 40.0 Å². The third-order valence-electron chi connectivity index (χ3n) is 3.71. The predicted octanol–water partition coefficient (Wildman–Crippen LogP) is 4.08. The largest absolute Gasteiger partial charge is 0.313 e. The molecule has 96 valence electrons. The Morgan fingerprint density at radius 2 is 1.94 bits per heavy atom. The number of hydrogen-bond donors (Lipinski definition) is 1. The molecular formula is C14H29NS. The SMILES string of the molecule is CCCC(C)C(CSC1CCCC1)NCC. The highest BCUT2D eigenvalue weighted by molar-refractivity contribution is 7.99. The van der Waals surface area contributed by atoms with Crippen LogP contribution in [0.4, 0.5) is 0 Å². The fourth-order valence-corrected chi connectivity index (χ4v) is 4.23. The van der Waals surface area contributed by atoms with Gasteiger partial charge in [0.1, 0.15) is 0 Å². The second kappa shape index (κ2) is 8.41. The molecule has 1 nitrogen and oxygen atoms in total. The minimum absolute atomic E-state index is 0.732. The monoisotopic (exact) mass is 243 g/mol. The highest BCUT2D eigenvalue weighted by Gasteiger charge is 2.20. The lowest BCUT2D eigenvalue weighted by Crippen LogP contribution is -2.37. The van der Waals surface area contributed by atoms with Crippen LogP contribution < -0.4 is 5.32 Å². The molecule has 2 atom stereocenters. The van der Waals surface area contributed by atoms with Gasteiger partial charge in [-0.15, -0.1) is 0 Å². The van der Waals surface area contributed by atoms with E-state index in [1.165, 1.54) is 44.3 Å². The molecular weight excluding hydrogens is 214 g/mol. The first-order valence-corrected chi connectivity index (χ1v) is 8.17. The molecule has 0 aromatic rings. The van der Waals surface area contributed by atoms with Gasteiger partial charge in [0.25, 0.3) is 0 Å². The van der Waals surface area contributed by atoms with Crippen molar-refractivity contribution in [3.8, 4) is 0 Å². The topological polar surface area (TPSA) is 12.0 Å². The highest BCUT2D eigenvalue weighted by Crippen LogP contribution is 2.30. The fraction of sp³-hybridized carbons (Fsp3) is 1.00. The smallest absolute Gasteiger partial charge is 0.0183 e. The summed E-state index contributed by atoms with van der Waals surface area (Å²) in [5.41, 5.74) is 0. The van der Waals surface area contributed by atoms with Gasteiger partial charge < -0.3 is 5.32 Å². The average molecular weight is 243 g/mol. The minimum Gasteiger partial charge on any atom is -0.313 e. The van der Waals surface area contributed by atoms with E-state index in [2.05, 4.69) is 37.8 Å². The Balaban J connectivity index is 2.25. The zero-order chi connectivity index (χ0) is 11.8. The molecule has 0 amide bonds. The van der Waals surface area contributed by atoms with Gasteiger partial charge in [-0.2, -0.15) is 11.8 Å². The van der Waals surface area contributed by atoms with Crippen molar-refractivity contribution >= 4 is 11.8 Å². The lowest BCUT2D eigenvalue weighted by molar-refractivity contribution is 0.388. The normalized spacial score (nSPS) is 21.2. The summed E-state index contributed by atoms with van der Waals surface area (Å²) in [5.74, 6) is 2.15. The van der Waals surface area contributed by atoms with E-state index >= 15 is 0 Å². The van der Waals surface area contributed by atoms with Crippen LogP contribution in [0.5, 0.6) is 0 Å². The second-order valence-electron chi connectivity index (χ2n) is 5.17. The summed E-state index contributed by atoms with van der Waals surface area (Å²) < 4.78 is 0. The van der Waals surface area contributed by atoms with Gasteiger partial charge in [-0.05, 0) is 31.7 Å². The fourth-order valence-electron chi connectivity index (χ4n) is 2.64.